The first kappa shape index (κ1) is 15.3. The molecule has 0 unspecified atom stereocenters. The van der Waals surface area contributed by atoms with Crippen LogP contribution in [-0.4, -0.2) is 28.0 Å². The highest BCUT2D eigenvalue weighted by Crippen LogP contribution is 2.34. The van der Waals surface area contributed by atoms with Gasteiger partial charge in [0, 0.05) is 30.9 Å². The molecule has 122 valence electrons. The Kier molecular flexibility index (Phi) is 4.18. The van der Waals surface area contributed by atoms with E-state index in [1.165, 1.54) is 19.0 Å². The van der Waals surface area contributed by atoms with Gasteiger partial charge in [0.2, 0.25) is 5.95 Å². The van der Waals surface area contributed by atoms with Crippen LogP contribution < -0.4 is 21.1 Å². The van der Waals surface area contributed by atoms with Crippen molar-refractivity contribution in [2.45, 2.75) is 32.6 Å². The zero-order chi connectivity index (χ0) is 16.4. The Labute approximate surface area is 135 Å². The molecular weight excluding hydrogens is 292 g/mol. The highest BCUT2D eigenvalue weighted by Gasteiger charge is 2.18. The lowest BCUT2D eigenvalue weighted by Gasteiger charge is -2.20. The molecule has 2 aromatic heterocycles. The molecule has 1 saturated heterocycles. The number of pyridine rings is 1. The lowest BCUT2D eigenvalue weighted by Crippen LogP contribution is -2.19. The summed E-state index contributed by atoms with van der Waals surface area (Å²) < 4.78 is 5.98. The molecule has 0 amide bonds. The van der Waals surface area contributed by atoms with E-state index in [0.717, 1.165) is 30.2 Å². The molecule has 23 heavy (non-hydrogen) atoms. The number of anilines is 3. The summed E-state index contributed by atoms with van der Waals surface area (Å²) in [7, 11) is 0. The topological polar surface area (TPSA) is 103 Å². The van der Waals surface area contributed by atoms with Gasteiger partial charge in [-0.25, -0.2) is 9.97 Å². The molecule has 1 fully saturated rings. The first-order valence-electron chi connectivity index (χ1n) is 7.85. The Morgan fingerprint density at radius 3 is 2.48 bits per heavy atom. The fraction of sp³-hybridized carbons (Fsp3) is 0.438. The van der Waals surface area contributed by atoms with Crippen LogP contribution >= 0.6 is 0 Å². The quantitative estimate of drug-likeness (QED) is 0.893. The van der Waals surface area contributed by atoms with E-state index in [-0.39, 0.29) is 17.7 Å². The minimum Gasteiger partial charge on any atom is -0.451 e. The Morgan fingerprint density at radius 2 is 1.83 bits per heavy atom. The first-order valence-corrected chi connectivity index (χ1v) is 7.85. The van der Waals surface area contributed by atoms with Gasteiger partial charge < -0.3 is 21.1 Å². The zero-order valence-corrected chi connectivity index (χ0v) is 13.5. The highest BCUT2D eigenvalue weighted by molar-refractivity contribution is 5.53. The number of nitrogen functional groups attached to an aromatic ring is 2. The molecule has 3 heterocycles. The minimum absolute atomic E-state index is 0.131. The first-order chi connectivity index (χ1) is 11.0. The van der Waals surface area contributed by atoms with E-state index >= 15 is 0 Å². The van der Waals surface area contributed by atoms with E-state index in [9.17, 15) is 0 Å². The van der Waals surface area contributed by atoms with Crippen molar-refractivity contribution in [3.05, 3.63) is 24.0 Å². The number of hydrogen-bond acceptors (Lipinski definition) is 7. The van der Waals surface area contributed by atoms with E-state index in [4.69, 9.17) is 16.2 Å². The molecule has 7 nitrogen and oxygen atoms in total. The molecule has 0 aromatic carbocycles. The SMILES string of the molecule is CC(C)c1cnc(N2CCCC2)cc1Oc1cnc(N)nc1N. The number of hydrogen-bond donors (Lipinski definition) is 2. The highest BCUT2D eigenvalue weighted by atomic mass is 16.5. The second-order valence-electron chi connectivity index (χ2n) is 6.01. The molecule has 0 aliphatic carbocycles. The minimum atomic E-state index is 0.131. The molecule has 1 aliphatic heterocycles. The Bertz CT molecular complexity index is 697. The van der Waals surface area contributed by atoms with Crippen molar-refractivity contribution < 1.29 is 4.74 Å². The van der Waals surface area contributed by atoms with E-state index in [1.54, 1.807) is 0 Å². The Balaban J connectivity index is 1.95. The van der Waals surface area contributed by atoms with Crippen LogP contribution in [-0.2, 0) is 0 Å². The number of ether oxygens (including phenoxy) is 1. The summed E-state index contributed by atoms with van der Waals surface area (Å²) in [6.07, 6.45) is 5.77. The van der Waals surface area contributed by atoms with Gasteiger partial charge in [0.1, 0.15) is 11.6 Å². The molecule has 0 atom stereocenters. The fourth-order valence-electron chi connectivity index (χ4n) is 2.67. The van der Waals surface area contributed by atoms with Gasteiger partial charge in [-0.15, -0.1) is 0 Å². The molecule has 0 bridgehead atoms. The van der Waals surface area contributed by atoms with Crippen LogP contribution in [0.1, 0.15) is 38.2 Å². The van der Waals surface area contributed by atoms with Gasteiger partial charge in [0.05, 0.1) is 6.20 Å². The van der Waals surface area contributed by atoms with Crippen LogP contribution in [0.15, 0.2) is 18.5 Å². The maximum atomic E-state index is 5.98. The van der Waals surface area contributed by atoms with Crippen molar-refractivity contribution in [2.24, 2.45) is 0 Å². The van der Waals surface area contributed by atoms with Crippen molar-refractivity contribution in [1.29, 1.82) is 0 Å². The average molecular weight is 314 g/mol. The fourth-order valence-corrected chi connectivity index (χ4v) is 2.67. The summed E-state index contributed by atoms with van der Waals surface area (Å²) >= 11 is 0. The Hall–Kier alpha value is -2.57. The summed E-state index contributed by atoms with van der Waals surface area (Å²) in [4.78, 5) is 14.7. The molecule has 0 spiro atoms. The van der Waals surface area contributed by atoms with E-state index in [0.29, 0.717) is 5.75 Å². The second-order valence-corrected chi connectivity index (χ2v) is 6.01. The maximum absolute atomic E-state index is 5.98. The summed E-state index contributed by atoms with van der Waals surface area (Å²) in [5.41, 5.74) is 12.4. The third kappa shape index (κ3) is 3.28. The molecule has 0 radical (unpaired) electrons. The van der Waals surface area contributed by atoms with Gasteiger partial charge in [-0.05, 0) is 18.8 Å². The van der Waals surface area contributed by atoms with Crippen LogP contribution in [0.2, 0.25) is 0 Å². The third-order valence-electron chi connectivity index (χ3n) is 3.95. The molecule has 7 heteroatoms. The van der Waals surface area contributed by atoms with Crippen molar-refractivity contribution in [2.75, 3.05) is 29.5 Å². The number of aromatic nitrogens is 3. The summed E-state index contributed by atoms with van der Waals surface area (Å²) in [5, 5.41) is 0. The van der Waals surface area contributed by atoms with E-state index in [2.05, 4.69) is 33.7 Å². The smallest absolute Gasteiger partial charge is 0.222 e. The van der Waals surface area contributed by atoms with Gasteiger partial charge in [-0.3, -0.25) is 0 Å². The van der Waals surface area contributed by atoms with Crippen LogP contribution in [0.4, 0.5) is 17.6 Å². The third-order valence-corrected chi connectivity index (χ3v) is 3.95. The number of rotatable bonds is 4. The van der Waals surface area contributed by atoms with Crippen LogP contribution in [0.25, 0.3) is 0 Å². The molecule has 3 rings (SSSR count). The van der Waals surface area contributed by atoms with Crippen LogP contribution in [0, 0.1) is 0 Å². The van der Waals surface area contributed by atoms with Gasteiger partial charge in [0.25, 0.3) is 0 Å². The molecule has 1 aliphatic rings. The van der Waals surface area contributed by atoms with Crippen molar-refractivity contribution >= 4 is 17.6 Å². The molecule has 2 aromatic rings. The molecule has 4 N–H and O–H groups in total. The lowest BCUT2D eigenvalue weighted by atomic mass is 10.0. The van der Waals surface area contributed by atoms with Gasteiger partial charge in [-0.2, -0.15) is 4.98 Å². The second kappa shape index (κ2) is 6.28. The Morgan fingerprint density at radius 1 is 1.09 bits per heavy atom. The standard InChI is InChI=1S/C16H22N6O/c1-10(2)11-8-19-14(22-5-3-4-6-22)7-12(11)23-13-9-20-16(18)21-15(13)17/h7-10H,3-6H2,1-2H3,(H4,17,18,20,21). The van der Waals surface area contributed by atoms with Gasteiger partial charge in [-0.1, -0.05) is 13.8 Å². The van der Waals surface area contributed by atoms with Crippen LogP contribution in [0.5, 0.6) is 11.5 Å². The summed E-state index contributed by atoms with van der Waals surface area (Å²) in [6.45, 7) is 6.26. The van der Waals surface area contributed by atoms with E-state index < -0.39 is 0 Å². The normalized spacial score (nSPS) is 14.5. The van der Waals surface area contributed by atoms with Crippen LogP contribution in [0.3, 0.4) is 0 Å². The number of nitrogens with zero attached hydrogens (tertiary/aromatic N) is 4. The van der Waals surface area contributed by atoms with Gasteiger partial charge >= 0.3 is 0 Å². The summed E-state index contributed by atoms with van der Waals surface area (Å²) in [5.74, 6) is 2.70. The largest absolute Gasteiger partial charge is 0.451 e. The maximum Gasteiger partial charge on any atom is 0.222 e. The lowest BCUT2D eigenvalue weighted by molar-refractivity contribution is 0.470. The molecule has 0 saturated carbocycles. The van der Waals surface area contributed by atoms with Gasteiger partial charge in [0.15, 0.2) is 11.6 Å². The molecular formula is C16H22N6O. The van der Waals surface area contributed by atoms with Crippen molar-refractivity contribution in [3.63, 3.8) is 0 Å². The van der Waals surface area contributed by atoms with E-state index in [1.807, 2.05) is 12.3 Å². The van der Waals surface area contributed by atoms with Crippen molar-refractivity contribution in [3.8, 4) is 11.5 Å². The summed E-state index contributed by atoms with van der Waals surface area (Å²) in [6, 6.07) is 1.97. The number of nitrogens with two attached hydrogens (primary N) is 2. The zero-order valence-electron chi connectivity index (χ0n) is 13.5. The average Bonchev–Trinajstić information content (AvgIpc) is 3.04. The predicted octanol–water partition coefficient (Wildman–Crippen LogP) is 2.55. The predicted molar refractivity (Wildman–Crippen MR) is 90.7 cm³/mol. The van der Waals surface area contributed by atoms with Crippen molar-refractivity contribution in [1.82, 2.24) is 15.0 Å². The monoisotopic (exact) mass is 314 g/mol.